The Bertz CT molecular complexity index is 883. The van der Waals surface area contributed by atoms with E-state index >= 15 is 0 Å². The largest absolute Gasteiger partial charge is 0.466 e. The predicted molar refractivity (Wildman–Crippen MR) is 96.5 cm³/mol. The molecule has 0 aliphatic rings. The van der Waals surface area contributed by atoms with Crippen molar-refractivity contribution in [1.82, 2.24) is 4.98 Å². The number of halogens is 2. The topological polar surface area (TPSA) is 42.1 Å². The monoisotopic (exact) mass is 355 g/mol. The maximum Gasteiger partial charge on any atom is 0.306 e. The van der Waals surface area contributed by atoms with Gasteiger partial charge in [-0.3, -0.25) is 4.79 Å². The summed E-state index contributed by atoms with van der Waals surface area (Å²) < 4.78 is 31.4. The lowest BCUT2D eigenvalue weighted by molar-refractivity contribution is -0.143. The second-order valence-corrected chi connectivity index (χ2v) is 5.90. The Morgan fingerprint density at radius 3 is 2.12 bits per heavy atom. The van der Waals surface area contributed by atoms with Crippen LogP contribution < -0.4 is 0 Å². The molecular weight excluding hydrogens is 336 g/mol. The van der Waals surface area contributed by atoms with Crippen molar-refractivity contribution in [3.05, 3.63) is 71.8 Å². The van der Waals surface area contributed by atoms with E-state index in [9.17, 15) is 13.6 Å². The first-order valence-corrected chi connectivity index (χ1v) is 8.46. The van der Waals surface area contributed by atoms with Crippen molar-refractivity contribution in [3.63, 3.8) is 0 Å². The Kier molecular flexibility index (Phi) is 5.46. The van der Waals surface area contributed by atoms with E-state index in [1.807, 2.05) is 6.07 Å². The zero-order chi connectivity index (χ0) is 18.5. The smallest absolute Gasteiger partial charge is 0.306 e. The molecule has 0 aliphatic carbocycles. The molecule has 134 valence electrons. The fourth-order valence-corrected chi connectivity index (χ4v) is 2.82. The molecule has 2 aromatic carbocycles. The number of aryl methyl sites for hydroxylation is 1. The number of H-pyrrole nitrogens is 1. The average Bonchev–Trinajstić information content (AvgIpc) is 3.06. The molecule has 3 rings (SSSR count). The van der Waals surface area contributed by atoms with Crippen LogP contribution in [0.2, 0.25) is 0 Å². The van der Waals surface area contributed by atoms with Crippen LogP contribution in [0.3, 0.4) is 0 Å². The van der Waals surface area contributed by atoms with Crippen LogP contribution in [-0.2, 0) is 16.0 Å². The standard InChI is InChI=1S/C21H19F2NO2/c1-2-26-20(25)12-7-16-13-19(14-3-8-17(22)9-4-14)24-21(16)15-5-10-18(23)11-6-15/h3-6,8-11,13,24H,2,7,12H2,1H3. The van der Waals surface area contributed by atoms with Gasteiger partial charge in [-0.15, -0.1) is 0 Å². The number of benzene rings is 2. The molecule has 1 aromatic heterocycles. The number of esters is 1. The normalized spacial score (nSPS) is 10.7. The summed E-state index contributed by atoms with van der Waals surface area (Å²) in [5.74, 6) is -0.879. The minimum absolute atomic E-state index is 0.253. The van der Waals surface area contributed by atoms with Gasteiger partial charge in [-0.05, 0) is 84.6 Å². The highest BCUT2D eigenvalue weighted by molar-refractivity contribution is 5.74. The number of aromatic amines is 1. The molecule has 0 aliphatic heterocycles. The van der Waals surface area contributed by atoms with E-state index in [1.54, 1.807) is 31.2 Å². The van der Waals surface area contributed by atoms with E-state index in [1.165, 1.54) is 24.3 Å². The number of carbonyl (C=O) groups is 1. The molecule has 3 nitrogen and oxygen atoms in total. The van der Waals surface area contributed by atoms with Crippen LogP contribution in [0.25, 0.3) is 22.5 Å². The van der Waals surface area contributed by atoms with Crippen molar-refractivity contribution in [2.75, 3.05) is 6.61 Å². The van der Waals surface area contributed by atoms with E-state index in [0.29, 0.717) is 13.0 Å². The minimum atomic E-state index is -0.313. The van der Waals surface area contributed by atoms with E-state index in [2.05, 4.69) is 4.98 Å². The highest BCUT2D eigenvalue weighted by atomic mass is 19.1. The van der Waals surface area contributed by atoms with Crippen molar-refractivity contribution in [1.29, 1.82) is 0 Å². The first-order chi connectivity index (χ1) is 12.6. The van der Waals surface area contributed by atoms with Crippen LogP contribution in [0.5, 0.6) is 0 Å². The zero-order valence-corrected chi connectivity index (χ0v) is 14.4. The average molecular weight is 355 g/mol. The number of aromatic nitrogens is 1. The number of nitrogens with one attached hydrogen (secondary N) is 1. The second kappa shape index (κ2) is 7.95. The molecule has 1 heterocycles. The molecule has 26 heavy (non-hydrogen) atoms. The summed E-state index contributed by atoms with van der Waals surface area (Å²) in [5.41, 5.74) is 4.19. The summed E-state index contributed by atoms with van der Waals surface area (Å²) in [4.78, 5) is 15.0. The van der Waals surface area contributed by atoms with E-state index < -0.39 is 0 Å². The van der Waals surface area contributed by atoms with E-state index in [4.69, 9.17) is 4.74 Å². The Morgan fingerprint density at radius 1 is 0.962 bits per heavy atom. The molecule has 0 unspecified atom stereocenters. The van der Waals surface area contributed by atoms with Crippen molar-refractivity contribution in [2.24, 2.45) is 0 Å². The van der Waals surface area contributed by atoms with Crippen LogP contribution in [0.1, 0.15) is 18.9 Å². The predicted octanol–water partition coefficient (Wildman–Crippen LogP) is 5.12. The molecule has 0 atom stereocenters. The van der Waals surface area contributed by atoms with Gasteiger partial charge in [0.1, 0.15) is 11.6 Å². The summed E-state index contributed by atoms with van der Waals surface area (Å²) in [7, 11) is 0. The van der Waals surface area contributed by atoms with Crippen LogP contribution >= 0.6 is 0 Å². The lowest BCUT2D eigenvalue weighted by Crippen LogP contribution is -2.05. The molecule has 0 saturated heterocycles. The summed E-state index contributed by atoms with van der Waals surface area (Å²) >= 11 is 0. The summed E-state index contributed by atoms with van der Waals surface area (Å²) in [6.07, 6.45) is 0.742. The maximum absolute atomic E-state index is 13.2. The number of hydrogen-bond donors (Lipinski definition) is 1. The summed E-state index contributed by atoms with van der Waals surface area (Å²) in [6, 6.07) is 14.2. The van der Waals surface area contributed by atoms with Gasteiger partial charge in [0, 0.05) is 17.8 Å². The van der Waals surface area contributed by atoms with Gasteiger partial charge in [-0.25, -0.2) is 8.78 Å². The Balaban J connectivity index is 1.95. The lowest BCUT2D eigenvalue weighted by atomic mass is 10.0. The molecule has 0 amide bonds. The van der Waals surface area contributed by atoms with Crippen molar-refractivity contribution < 1.29 is 18.3 Å². The molecule has 0 spiro atoms. The molecular formula is C21H19F2NO2. The molecule has 1 N–H and O–H groups in total. The highest BCUT2D eigenvalue weighted by Crippen LogP contribution is 2.30. The molecule has 3 aromatic rings. The highest BCUT2D eigenvalue weighted by Gasteiger charge is 2.14. The lowest BCUT2D eigenvalue weighted by Gasteiger charge is -2.05. The number of hydrogen-bond acceptors (Lipinski definition) is 2. The Labute approximate surface area is 150 Å². The maximum atomic E-state index is 13.2. The quantitative estimate of drug-likeness (QED) is 0.624. The fourth-order valence-electron chi connectivity index (χ4n) is 2.82. The van der Waals surface area contributed by atoms with Gasteiger partial charge in [0.15, 0.2) is 0 Å². The third-order valence-corrected chi connectivity index (χ3v) is 4.09. The van der Waals surface area contributed by atoms with Gasteiger partial charge in [0.05, 0.1) is 6.61 Å². The fraction of sp³-hybridized carbons (Fsp3) is 0.190. The van der Waals surface area contributed by atoms with Gasteiger partial charge in [-0.2, -0.15) is 0 Å². The van der Waals surface area contributed by atoms with E-state index in [-0.39, 0.29) is 24.0 Å². The molecule has 0 fully saturated rings. The van der Waals surface area contributed by atoms with Gasteiger partial charge >= 0.3 is 5.97 Å². The first kappa shape index (κ1) is 17.9. The van der Waals surface area contributed by atoms with E-state index in [0.717, 1.165) is 28.1 Å². The van der Waals surface area contributed by atoms with Crippen molar-refractivity contribution >= 4 is 5.97 Å². The molecule has 0 bridgehead atoms. The first-order valence-electron chi connectivity index (χ1n) is 8.46. The summed E-state index contributed by atoms with van der Waals surface area (Å²) in [5, 5.41) is 0. The van der Waals surface area contributed by atoms with Crippen LogP contribution in [0.4, 0.5) is 8.78 Å². The Hall–Kier alpha value is -2.95. The Morgan fingerprint density at radius 2 is 1.54 bits per heavy atom. The third-order valence-electron chi connectivity index (χ3n) is 4.09. The molecule has 0 saturated carbocycles. The minimum Gasteiger partial charge on any atom is -0.466 e. The van der Waals surface area contributed by atoms with Crippen LogP contribution in [0, 0.1) is 11.6 Å². The van der Waals surface area contributed by atoms with Gasteiger partial charge in [0.25, 0.3) is 0 Å². The zero-order valence-electron chi connectivity index (χ0n) is 14.4. The second-order valence-electron chi connectivity index (χ2n) is 5.90. The third kappa shape index (κ3) is 4.17. The van der Waals surface area contributed by atoms with Gasteiger partial charge < -0.3 is 9.72 Å². The number of rotatable bonds is 6. The summed E-state index contributed by atoms with van der Waals surface area (Å²) in [6.45, 7) is 2.11. The number of ether oxygens (including phenoxy) is 1. The number of carbonyl (C=O) groups excluding carboxylic acids is 1. The van der Waals surface area contributed by atoms with Crippen molar-refractivity contribution in [3.8, 4) is 22.5 Å². The molecule has 0 radical (unpaired) electrons. The molecule has 5 heteroatoms. The SMILES string of the molecule is CCOC(=O)CCc1cc(-c2ccc(F)cc2)[nH]c1-c1ccc(F)cc1. The van der Waals surface area contributed by atoms with Crippen LogP contribution in [-0.4, -0.2) is 17.6 Å². The van der Waals surface area contributed by atoms with Gasteiger partial charge in [0.2, 0.25) is 0 Å². The van der Waals surface area contributed by atoms with Crippen LogP contribution in [0.15, 0.2) is 54.6 Å². The van der Waals surface area contributed by atoms with Crippen molar-refractivity contribution in [2.45, 2.75) is 19.8 Å². The van der Waals surface area contributed by atoms with Gasteiger partial charge in [-0.1, -0.05) is 0 Å².